The van der Waals surface area contributed by atoms with Crippen molar-refractivity contribution in [1.29, 1.82) is 0 Å². The van der Waals surface area contributed by atoms with Crippen LogP contribution in [-0.2, 0) is 0 Å². The Kier molecular flexibility index (Phi) is 4.62. The zero-order chi connectivity index (χ0) is 13.2. The molecule has 0 radical (unpaired) electrons. The highest BCUT2D eigenvalue weighted by Crippen LogP contribution is 2.33. The van der Waals surface area contributed by atoms with Crippen LogP contribution in [0, 0.1) is 0 Å². The van der Waals surface area contributed by atoms with Gasteiger partial charge in [0.1, 0.15) is 0 Å². The van der Waals surface area contributed by atoms with Crippen LogP contribution >= 0.6 is 15.9 Å². The van der Waals surface area contributed by atoms with Gasteiger partial charge in [-0.25, -0.2) is 0 Å². The van der Waals surface area contributed by atoms with Crippen LogP contribution in [0.2, 0.25) is 0 Å². The summed E-state index contributed by atoms with van der Waals surface area (Å²) >= 11 is 3.58. The average molecular weight is 300 g/mol. The Balaban J connectivity index is 3.08. The van der Waals surface area contributed by atoms with Gasteiger partial charge in [0.25, 0.3) is 0 Å². The molecule has 0 bridgehead atoms. The van der Waals surface area contributed by atoms with Crippen molar-refractivity contribution in [3.05, 3.63) is 28.2 Å². The number of halogens is 1. The Labute approximate surface area is 113 Å². The second-order valence-corrected chi connectivity index (χ2v) is 5.97. The van der Waals surface area contributed by atoms with Crippen molar-refractivity contribution in [1.82, 2.24) is 0 Å². The highest BCUT2D eigenvalue weighted by atomic mass is 79.9. The van der Waals surface area contributed by atoms with Crippen molar-refractivity contribution >= 4 is 21.6 Å². The molecule has 0 aromatic heterocycles. The number of rotatable bonds is 4. The maximum absolute atomic E-state index is 9.55. The van der Waals surface area contributed by atoms with Crippen molar-refractivity contribution in [2.24, 2.45) is 0 Å². The molecule has 0 saturated carbocycles. The van der Waals surface area contributed by atoms with Crippen LogP contribution in [0.4, 0.5) is 5.69 Å². The SMILES string of the molecule is CCC(C)(C)N(C)c1ccc([C@H](C)O)cc1Br. The van der Waals surface area contributed by atoms with Crippen molar-refractivity contribution in [3.63, 3.8) is 0 Å². The number of nitrogens with zero attached hydrogens (tertiary/aromatic N) is 1. The predicted molar refractivity (Wildman–Crippen MR) is 77.5 cm³/mol. The molecule has 96 valence electrons. The van der Waals surface area contributed by atoms with Crippen LogP contribution in [0.15, 0.2) is 22.7 Å². The molecule has 0 saturated heterocycles. The number of hydrogen-bond donors (Lipinski definition) is 1. The topological polar surface area (TPSA) is 23.5 Å². The monoisotopic (exact) mass is 299 g/mol. The summed E-state index contributed by atoms with van der Waals surface area (Å²) in [5.74, 6) is 0. The molecule has 0 fully saturated rings. The molecule has 3 heteroatoms. The molecule has 1 rings (SSSR count). The van der Waals surface area contributed by atoms with Gasteiger partial charge in [-0.1, -0.05) is 13.0 Å². The molecule has 2 nitrogen and oxygen atoms in total. The van der Waals surface area contributed by atoms with Gasteiger partial charge < -0.3 is 10.0 Å². The first kappa shape index (κ1) is 14.5. The maximum atomic E-state index is 9.55. The lowest BCUT2D eigenvalue weighted by molar-refractivity contribution is 0.199. The van der Waals surface area contributed by atoms with Crippen molar-refractivity contribution in [2.75, 3.05) is 11.9 Å². The van der Waals surface area contributed by atoms with Gasteiger partial charge in [-0.3, -0.25) is 0 Å². The van der Waals surface area contributed by atoms with Crippen LogP contribution in [0.25, 0.3) is 0 Å². The molecule has 0 amide bonds. The minimum Gasteiger partial charge on any atom is -0.389 e. The molecule has 1 aromatic carbocycles. The van der Waals surface area contributed by atoms with E-state index in [0.717, 1.165) is 22.1 Å². The molecule has 0 aliphatic carbocycles. The fourth-order valence-corrected chi connectivity index (χ4v) is 2.28. The zero-order valence-electron chi connectivity index (χ0n) is 11.3. The Morgan fingerprint density at radius 3 is 2.41 bits per heavy atom. The average Bonchev–Trinajstić information content (AvgIpc) is 2.27. The molecule has 0 unspecified atom stereocenters. The fourth-order valence-electron chi connectivity index (χ4n) is 1.62. The van der Waals surface area contributed by atoms with Gasteiger partial charge in [0, 0.05) is 17.1 Å². The fraction of sp³-hybridized carbons (Fsp3) is 0.571. The molecule has 0 spiro atoms. The first-order valence-electron chi connectivity index (χ1n) is 6.01. The summed E-state index contributed by atoms with van der Waals surface area (Å²) in [4.78, 5) is 2.27. The smallest absolute Gasteiger partial charge is 0.0762 e. The number of benzene rings is 1. The van der Waals surface area contributed by atoms with Crippen LogP contribution in [0.1, 0.15) is 45.8 Å². The zero-order valence-corrected chi connectivity index (χ0v) is 12.9. The number of hydrogen-bond acceptors (Lipinski definition) is 2. The van der Waals surface area contributed by atoms with Gasteiger partial charge in [-0.05, 0) is 60.8 Å². The summed E-state index contributed by atoms with van der Waals surface area (Å²) in [5, 5.41) is 9.55. The van der Waals surface area contributed by atoms with E-state index < -0.39 is 6.10 Å². The van der Waals surface area contributed by atoms with Gasteiger partial charge in [0.05, 0.1) is 11.8 Å². The molecular formula is C14H22BrNO. The third kappa shape index (κ3) is 3.23. The number of aliphatic hydroxyl groups is 1. The van der Waals surface area contributed by atoms with Crippen molar-refractivity contribution in [2.45, 2.75) is 45.8 Å². The lowest BCUT2D eigenvalue weighted by Gasteiger charge is -2.37. The van der Waals surface area contributed by atoms with Gasteiger partial charge in [0.15, 0.2) is 0 Å². The normalized spacial score (nSPS) is 13.6. The van der Waals surface area contributed by atoms with E-state index >= 15 is 0 Å². The second kappa shape index (κ2) is 5.40. The predicted octanol–water partition coefficient (Wildman–Crippen LogP) is 4.13. The highest BCUT2D eigenvalue weighted by Gasteiger charge is 2.23. The molecule has 0 aliphatic rings. The molecule has 17 heavy (non-hydrogen) atoms. The number of aliphatic hydroxyl groups excluding tert-OH is 1. The summed E-state index contributed by atoms with van der Waals surface area (Å²) in [7, 11) is 2.10. The van der Waals surface area contributed by atoms with Crippen LogP contribution in [0.5, 0.6) is 0 Å². The van der Waals surface area contributed by atoms with Gasteiger partial charge in [-0.15, -0.1) is 0 Å². The van der Waals surface area contributed by atoms with E-state index in [1.807, 2.05) is 12.1 Å². The Hall–Kier alpha value is -0.540. The molecule has 1 aromatic rings. The summed E-state index contributed by atoms with van der Waals surface area (Å²) in [5.41, 5.74) is 2.21. The maximum Gasteiger partial charge on any atom is 0.0762 e. The minimum atomic E-state index is -0.426. The highest BCUT2D eigenvalue weighted by molar-refractivity contribution is 9.10. The van der Waals surface area contributed by atoms with E-state index in [2.05, 4.69) is 54.7 Å². The third-order valence-corrected chi connectivity index (χ3v) is 4.22. The van der Waals surface area contributed by atoms with E-state index in [9.17, 15) is 5.11 Å². The van der Waals surface area contributed by atoms with Crippen LogP contribution in [-0.4, -0.2) is 17.7 Å². The van der Waals surface area contributed by atoms with E-state index in [1.165, 1.54) is 0 Å². The Bertz CT molecular complexity index is 388. The van der Waals surface area contributed by atoms with Gasteiger partial charge in [0.2, 0.25) is 0 Å². The second-order valence-electron chi connectivity index (χ2n) is 5.11. The first-order valence-corrected chi connectivity index (χ1v) is 6.80. The molecule has 0 aliphatic heterocycles. The number of anilines is 1. The van der Waals surface area contributed by atoms with Crippen molar-refractivity contribution < 1.29 is 5.11 Å². The summed E-state index contributed by atoms with van der Waals surface area (Å²) < 4.78 is 1.03. The van der Waals surface area contributed by atoms with E-state index in [1.54, 1.807) is 6.92 Å². The summed E-state index contributed by atoms with van der Waals surface area (Å²) in [6, 6.07) is 6.03. The third-order valence-electron chi connectivity index (χ3n) is 3.59. The molecular weight excluding hydrogens is 278 g/mol. The molecule has 1 atom stereocenters. The summed E-state index contributed by atoms with van der Waals surface area (Å²) in [6.45, 7) is 8.42. The van der Waals surface area contributed by atoms with Crippen LogP contribution < -0.4 is 4.90 Å². The largest absolute Gasteiger partial charge is 0.389 e. The molecule has 0 heterocycles. The van der Waals surface area contributed by atoms with E-state index in [0.29, 0.717) is 0 Å². The van der Waals surface area contributed by atoms with E-state index in [4.69, 9.17) is 0 Å². The van der Waals surface area contributed by atoms with Gasteiger partial charge >= 0.3 is 0 Å². The van der Waals surface area contributed by atoms with Crippen LogP contribution in [0.3, 0.4) is 0 Å². The lowest BCUT2D eigenvalue weighted by Crippen LogP contribution is -2.40. The summed E-state index contributed by atoms with van der Waals surface area (Å²) in [6.07, 6.45) is 0.651. The minimum absolute atomic E-state index is 0.120. The standard InChI is InChI=1S/C14H22BrNO/c1-6-14(3,4)16(5)13-8-7-11(10(2)17)9-12(13)15/h7-10,17H,6H2,1-5H3/t10-/m0/s1. The Morgan fingerprint density at radius 2 is 2.00 bits per heavy atom. The van der Waals surface area contributed by atoms with E-state index in [-0.39, 0.29) is 5.54 Å². The van der Waals surface area contributed by atoms with Crippen molar-refractivity contribution in [3.8, 4) is 0 Å². The quantitative estimate of drug-likeness (QED) is 0.904. The first-order chi connectivity index (χ1) is 7.79. The molecule has 1 N–H and O–H groups in total. The van der Waals surface area contributed by atoms with Gasteiger partial charge in [-0.2, -0.15) is 0 Å². The lowest BCUT2D eigenvalue weighted by atomic mass is 9.98. The Morgan fingerprint density at radius 1 is 1.41 bits per heavy atom.